The zero-order chi connectivity index (χ0) is 17.6. The van der Waals surface area contributed by atoms with Crippen LogP contribution in [-0.4, -0.2) is 56.4 Å². The number of benzene rings is 1. The lowest BCUT2D eigenvalue weighted by molar-refractivity contribution is 0.356. The van der Waals surface area contributed by atoms with Crippen molar-refractivity contribution in [1.82, 2.24) is 15.4 Å². The molecular formula is C18H25N5O2. The average Bonchev–Trinajstić information content (AvgIpc) is 3.08. The van der Waals surface area contributed by atoms with Crippen LogP contribution in [0.2, 0.25) is 0 Å². The molecule has 7 heteroatoms. The molecule has 0 unspecified atom stereocenters. The van der Waals surface area contributed by atoms with Crippen molar-refractivity contribution in [1.29, 1.82) is 0 Å². The minimum absolute atomic E-state index is 0.587. The molecule has 1 fully saturated rings. The Kier molecular flexibility index (Phi) is 5.42. The van der Waals surface area contributed by atoms with Gasteiger partial charge in [-0.15, -0.1) is 0 Å². The maximum atomic E-state index is 5.32. The van der Waals surface area contributed by atoms with Crippen molar-refractivity contribution in [3.05, 3.63) is 41.8 Å². The van der Waals surface area contributed by atoms with Gasteiger partial charge in [-0.1, -0.05) is 11.2 Å². The lowest BCUT2D eigenvalue weighted by Crippen LogP contribution is -2.52. The molecule has 0 aliphatic carbocycles. The van der Waals surface area contributed by atoms with Crippen molar-refractivity contribution in [2.24, 2.45) is 4.99 Å². The minimum atomic E-state index is 0.587. The quantitative estimate of drug-likeness (QED) is 0.675. The number of ether oxygens (including phenoxy) is 1. The second-order valence-corrected chi connectivity index (χ2v) is 6.01. The molecule has 25 heavy (non-hydrogen) atoms. The van der Waals surface area contributed by atoms with E-state index < -0.39 is 0 Å². The number of nitrogens with one attached hydrogen (secondary N) is 1. The van der Waals surface area contributed by atoms with E-state index >= 15 is 0 Å². The van der Waals surface area contributed by atoms with Crippen LogP contribution in [0.5, 0.6) is 5.75 Å². The Morgan fingerprint density at radius 2 is 2.08 bits per heavy atom. The molecule has 134 valence electrons. The van der Waals surface area contributed by atoms with E-state index in [0.717, 1.165) is 49.3 Å². The molecule has 1 N–H and O–H groups in total. The summed E-state index contributed by atoms with van der Waals surface area (Å²) in [7, 11) is 3.51. The largest absolute Gasteiger partial charge is 0.497 e. The van der Waals surface area contributed by atoms with Crippen molar-refractivity contribution in [2.45, 2.75) is 13.5 Å². The highest BCUT2D eigenvalue weighted by atomic mass is 16.5. The zero-order valence-electron chi connectivity index (χ0n) is 15.0. The minimum Gasteiger partial charge on any atom is -0.497 e. The van der Waals surface area contributed by atoms with E-state index in [9.17, 15) is 0 Å². The van der Waals surface area contributed by atoms with Crippen LogP contribution in [-0.2, 0) is 6.54 Å². The molecule has 7 nitrogen and oxygen atoms in total. The second-order valence-electron chi connectivity index (χ2n) is 6.01. The Labute approximate surface area is 148 Å². The first kappa shape index (κ1) is 17.1. The number of piperazine rings is 1. The first-order chi connectivity index (χ1) is 12.2. The van der Waals surface area contributed by atoms with Crippen LogP contribution in [0.4, 0.5) is 5.69 Å². The monoisotopic (exact) mass is 343 g/mol. The summed E-state index contributed by atoms with van der Waals surface area (Å²) >= 11 is 0. The van der Waals surface area contributed by atoms with Gasteiger partial charge >= 0.3 is 0 Å². The Bertz CT molecular complexity index is 720. The first-order valence-electron chi connectivity index (χ1n) is 8.46. The number of hydrogen-bond donors (Lipinski definition) is 1. The fourth-order valence-corrected chi connectivity index (χ4v) is 2.98. The van der Waals surface area contributed by atoms with Crippen molar-refractivity contribution < 1.29 is 9.26 Å². The fraction of sp³-hybridized carbons (Fsp3) is 0.444. The number of rotatable bonds is 4. The maximum Gasteiger partial charge on any atom is 0.194 e. The standard InChI is InChI=1S/C18H25N5O2/c1-14-11-17(25-21-14)13-20-18(19-2)23-9-7-22(8-10-23)15-5-4-6-16(12-15)24-3/h4-6,11-12H,7-10,13H2,1-3H3,(H,19,20). The van der Waals surface area contributed by atoms with Gasteiger partial charge in [0.1, 0.15) is 5.75 Å². The average molecular weight is 343 g/mol. The number of guanidine groups is 1. The summed E-state index contributed by atoms with van der Waals surface area (Å²) in [6.45, 7) is 6.20. The third-order valence-electron chi connectivity index (χ3n) is 4.31. The van der Waals surface area contributed by atoms with E-state index in [1.165, 1.54) is 5.69 Å². The summed E-state index contributed by atoms with van der Waals surface area (Å²) in [6.07, 6.45) is 0. The van der Waals surface area contributed by atoms with Gasteiger partial charge in [0, 0.05) is 51.0 Å². The van der Waals surface area contributed by atoms with E-state index in [4.69, 9.17) is 9.26 Å². The van der Waals surface area contributed by atoms with Gasteiger partial charge in [-0.2, -0.15) is 0 Å². The molecule has 0 radical (unpaired) electrons. The van der Waals surface area contributed by atoms with E-state index in [-0.39, 0.29) is 0 Å². The molecule has 2 aromatic rings. The predicted octanol–water partition coefficient (Wildman–Crippen LogP) is 1.89. The normalized spacial score (nSPS) is 15.4. The molecule has 1 aromatic heterocycles. The summed E-state index contributed by atoms with van der Waals surface area (Å²) in [6, 6.07) is 10.1. The molecule has 0 amide bonds. The predicted molar refractivity (Wildman–Crippen MR) is 98.2 cm³/mol. The fourth-order valence-electron chi connectivity index (χ4n) is 2.98. The van der Waals surface area contributed by atoms with Gasteiger partial charge in [-0.3, -0.25) is 4.99 Å². The Morgan fingerprint density at radius 3 is 2.72 bits per heavy atom. The lowest BCUT2D eigenvalue weighted by Gasteiger charge is -2.37. The van der Waals surface area contributed by atoms with Gasteiger partial charge in [0.15, 0.2) is 11.7 Å². The highest BCUT2D eigenvalue weighted by Gasteiger charge is 2.20. The highest BCUT2D eigenvalue weighted by Crippen LogP contribution is 2.22. The highest BCUT2D eigenvalue weighted by molar-refractivity contribution is 5.80. The summed E-state index contributed by atoms with van der Waals surface area (Å²) in [5, 5.41) is 7.25. The zero-order valence-corrected chi connectivity index (χ0v) is 15.0. The Morgan fingerprint density at radius 1 is 1.28 bits per heavy atom. The molecular weight excluding hydrogens is 318 g/mol. The van der Waals surface area contributed by atoms with Crippen LogP contribution in [0.3, 0.4) is 0 Å². The molecule has 1 aromatic carbocycles. The lowest BCUT2D eigenvalue weighted by atomic mass is 10.2. The molecule has 1 saturated heterocycles. The number of hydrogen-bond acceptors (Lipinski definition) is 5. The number of aryl methyl sites for hydroxylation is 1. The van der Waals surface area contributed by atoms with E-state index in [2.05, 4.69) is 37.4 Å². The number of anilines is 1. The van der Waals surface area contributed by atoms with Crippen molar-refractivity contribution in [3.8, 4) is 5.75 Å². The van der Waals surface area contributed by atoms with Crippen LogP contribution in [0.1, 0.15) is 11.5 Å². The second kappa shape index (κ2) is 7.92. The Hall–Kier alpha value is -2.70. The smallest absolute Gasteiger partial charge is 0.194 e. The first-order valence-corrected chi connectivity index (χ1v) is 8.46. The maximum absolute atomic E-state index is 5.32. The van der Waals surface area contributed by atoms with Gasteiger partial charge in [0.25, 0.3) is 0 Å². The van der Waals surface area contributed by atoms with Gasteiger partial charge < -0.3 is 24.4 Å². The number of methoxy groups -OCH3 is 1. The van der Waals surface area contributed by atoms with Crippen molar-refractivity contribution in [3.63, 3.8) is 0 Å². The van der Waals surface area contributed by atoms with Gasteiger partial charge in [-0.25, -0.2) is 0 Å². The van der Waals surface area contributed by atoms with Crippen LogP contribution in [0, 0.1) is 6.92 Å². The van der Waals surface area contributed by atoms with Gasteiger partial charge in [-0.05, 0) is 19.1 Å². The van der Waals surface area contributed by atoms with Crippen LogP contribution < -0.4 is 15.0 Å². The third-order valence-corrected chi connectivity index (χ3v) is 4.31. The molecule has 1 aliphatic rings. The number of aliphatic imine (C=N–C) groups is 1. The van der Waals surface area contributed by atoms with Crippen molar-refractivity contribution >= 4 is 11.6 Å². The molecule has 0 saturated carbocycles. The Balaban J connectivity index is 1.54. The van der Waals surface area contributed by atoms with E-state index in [1.807, 2.05) is 32.2 Å². The van der Waals surface area contributed by atoms with Crippen LogP contribution in [0.25, 0.3) is 0 Å². The molecule has 2 heterocycles. The van der Waals surface area contributed by atoms with E-state index in [1.54, 1.807) is 7.11 Å². The van der Waals surface area contributed by atoms with Crippen molar-refractivity contribution in [2.75, 3.05) is 45.2 Å². The van der Waals surface area contributed by atoms with Crippen LogP contribution in [0.15, 0.2) is 39.8 Å². The number of aromatic nitrogens is 1. The third kappa shape index (κ3) is 4.23. The topological polar surface area (TPSA) is 66.1 Å². The summed E-state index contributed by atoms with van der Waals surface area (Å²) in [5.41, 5.74) is 2.08. The van der Waals surface area contributed by atoms with Gasteiger partial charge in [0.05, 0.1) is 19.3 Å². The molecule has 0 atom stereocenters. The SMILES string of the molecule is CN=C(NCc1cc(C)no1)N1CCN(c2cccc(OC)c2)CC1. The molecule has 1 aliphatic heterocycles. The summed E-state index contributed by atoms with van der Waals surface area (Å²) < 4.78 is 10.6. The molecule has 0 spiro atoms. The van der Waals surface area contributed by atoms with E-state index in [0.29, 0.717) is 6.54 Å². The summed E-state index contributed by atoms with van der Waals surface area (Å²) in [4.78, 5) is 9.02. The summed E-state index contributed by atoms with van der Waals surface area (Å²) in [5.74, 6) is 2.59. The van der Waals surface area contributed by atoms with Gasteiger partial charge in [0.2, 0.25) is 0 Å². The molecule has 0 bridgehead atoms. The number of nitrogens with zero attached hydrogens (tertiary/aromatic N) is 4. The molecule has 3 rings (SSSR count). The van der Waals surface area contributed by atoms with Crippen LogP contribution >= 0.6 is 0 Å².